The molecule has 4 rings (SSSR count). The number of sulfonamides is 2. The number of nitrogens with zero attached hydrogens (tertiary/aromatic N) is 2. The lowest BCUT2D eigenvalue weighted by Crippen LogP contribution is -2.38. The van der Waals surface area contributed by atoms with Gasteiger partial charge in [-0.25, -0.2) is 21.2 Å². The Morgan fingerprint density at radius 3 is 2.11 bits per heavy atom. The van der Waals surface area contributed by atoms with E-state index < -0.39 is 38.3 Å². The maximum atomic E-state index is 14.6. The zero-order chi connectivity index (χ0) is 26.5. The van der Waals surface area contributed by atoms with Crippen LogP contribution in [0.1, 0.15) is 0 Å². The van der Waals surface area contributed by atoms with Crippen LogP contribution in [0.15, 0.2) is 113 Å². The molecule has 0 saturated heterocycles. The molecule has 9 nitrogen and oxygen atoms in total. The monoisotopic (exact) mass is 540 g/mol. The molecule has 0 aliphatic rings. The predicted octanol–water partition coefficient (Wildman–Crippen LogP) is 3.86. The highest BCUT2D eigenvalue weighted by Gasteiger charge is 2.29. The Hall–Kier alpha value is -4.29. The summed E-state index contributed by atoms with van der Waals surface area (Å²) in [4.78, 5) is 16.5. The molecular weight excluding hydrogens is 519 g/mol. The van der Waals surface area contributed by atoms with E-state index >= 15 is 0 Å². The molecule has 0 aliphatic carbocycles. The number of nitrogens with one attached hydrogen (secondary N) is 2. The van der Waals surface area contributed by atoms with E-state index in [0.717, 1.165) is 6.07 Å². The SMILES string of the molecule is O=C(CN(c1ccccc1F)S(=O)(=O)c1ccccc1)Nc1ccc(S(=O)(=O)Nc2cccnc2)cc1. The number of pyridine rings is 1. The zero-order valence-corrected chi connectivity index (χ0v) is 20.8. The van der Waals surface area contributed by atoms with Gasteiger partial charge in [-0.1, -0.05) is 30.3 Å². The molecule has 0 saturated carbocycles. The van der Waals surface area contributed by atoms with E-state index in [2.05, 4.69) is 15.0 Å². The van der Waals surface area contributed by atoms with E-state index in [-0.39, 0.29) is 26.9 Å². The molecule has 0 unspecified atom stereocenters. The molecule has 0 fully saturated rings. The number of para-hydroxylation sites is 1. The predicted molar refractivity (Wildman–Crippen MR) is 137 cm³/mol. The van der Waals surface area contributed by atoms with Crippen molar-refractivity contribution in [1.29, 1.82) is 0 Å². The normalized spacial score (nSPS) is 11.5. The molecule has 2 N–H and O–H groups in total. The van der Waals surface area contributed by atoms with Gasteiger partial charge in [0.25, 0.3) is 20.0 Å². The molecule has 0 aliphatic heterocycles. The van der Waals surface area contributed by atoms with E-state index in [1.54, 1.807) is 18.2 Å². The number of aromatic nitrogens is 1. The topological polar surface area (TPSA) is 126 Å². The summed E-state index contributed by atoms with van der Waals surface area (Å²) in [6.07, 6.45) is 2.87. The third-order valence-corrected chi connectivity index (χ3v) is 8.27. The Balaban J connectivity index is 1.53. The van der Waals surface area contributed by atoms with Crippen molar-refractivity contribution < 1.29 is 26.0 Å². The highest BCUT2D eigenvalue weighted by molar-refractivity contribution is 7.93. The summed E-state index contributed by atoms with van der Waals surface area (Å²) in [5, 5.41) is 2.52. The molecule has 0 bridgehead atoms. The van der Waals surface area contributed by atoms with Gasteiger partial charge in [-0.05, 0) is 60.7 Å². The maximum absolute atomic E-state index is 14.6. The van der Waals surface area contributed by atoms with Crippen LogP contribution in [0.3, 0.4) is 0 Å². The van der Waals surface area contributed by atoms with Gasteiger partial charge in [0.05, 0.1) is 27.4 Å². The van der Waals surface area contributed by atoms with Crippen LogP contribution in [0.2, 0.25) is 0 Å². The van der Waals surface area contributed by atoms with Crippen LogP contribution in [0, 0.1) is 5.82 Å². The lowest BCUT2D eigenvalue weighted by atomic mass is 10.3. The first kappa shape index (κ1) is 25.8. The molecule has 0 atom stereocenters. The molecular formula is C25H21FN4O5S2. The summed E-state index contributed by atoms with van der Waals surface area (Å²) in [5.74, 6) is -1.57. The lowest BCUT2D eigenvalue weighted by Gasteiger charge is -2.24. The van der Waals surface area contributed by atoms with Gasteiger partial charge in [0.15, 0.2) is 0 Å². The van der Waals surface area contributed by atoms with Crippen molar-refractivity contribution >= 4 is 43.0 Å². The maximum Gasteiger partial charge on any atom is 0.264 e. The smallest absolute Gasteiger partial charge is 0.264 e. The fourth-order valence-corrected chi connectivity index (χ4v) is 5.85. The molecule has 4 aromatic rings. The second-order valence-corrected chi connectivity index (χ2v) is 11.2. The molecule has 1 aromatic heterocycles. The van der Waals surface area contributed by atoms with Crippen LogP contribution in [-0.4, -0.2) is 34.3 Å². The number of halogens is 1. The summed E-state index contributed by atoms with van der Waals surface area (Å²) in [6, 6.07) is 21.0. The Morgan fingerprint density at radius 2 is 1.46 bits per heavy atom. The van der Waals surface area contributed by atoms with Crippen molar-refractivity contribution in [1.82, 2.24) is 4.98 Å². The second kappa shape index (κ2) is 10.8. The Bertz CT molecular complexity index is 1600. The van der Waals surface area contributed by atoms with E-state index in [1.165, 1.54) is 79.1 Å². The molecule has 37 heavy (non-hydrogen) atoms. The molecule has 1 heterocycles. The number of carbonyl (C=O) groups is 1. The average molecular weight is 541 g/mol. The molecule has 12 heteroatoms. The number of rotatable bonds is 9. The van der Waals surface area contributed by atoms with Crippen molar-refractivity contribution in [3.63, 3.8) is 0 Å². The average Bonchev–Trinajstić information content (AvgIpc) is 2.89. The van der Waals surface area contributed by atoms with Crippen LogP contribution in [0.5, 0.6) is 0 Å². The first-order valence-corrected chi connectivity index (χ1v) is 13.7. The van der Waals surface area contributed by atoms with Crippen molar-refractivity contribution in [2.45, 2.75) is 9.79 Å². The van der Waals surface area contributed by atoms with E-state index in [1.807, 2.05) is 0 Å². The first-order valence-electron chi connectivity index (χ1n) is 10.8. The van der Waals surface area contributed by atoms with Crippen molar-refractivity contribution in [3.8, 4) is 0 Å². The van der Waals surface area contributed by atoms with Gasteiger partial charge in [-0.2, -0.15) is 0 Å². The van der Waals surface area contributed by atoms with Gasteiger partial charge in [-0.15, -0.1) is 0 Å². The van der Waals surface area contributed by atoms with Crippen LogP contribution >= 0.6 is 0 Å². The number of amides is 1. The fourth-order valence-electron chi connectivity index (χ4n) is 3.36. The Labute approximate surface area is 213 Å². The zero-order valence-electron chi connectivity index (χ0n) is 19.2. The largest absolute Gasteiger partial charge is 0.325 e. The molecule has 0 radical (unpaired) electrons. The van der Waals surface area contributed by atoms with E-state index in [4.69, 9.17) is 0 Å². The number of hydrogen-bond acceptors (Lipinski definition) is 6. The third kappa shape index (κ3) is 6.11. The third-order valence-electron chi connectivity index (χ3n) is 5.10. The number of anilines is 3. The highest BCUT2D eigenvalue weighted by Crippen LogP contribution is 2.26. The van der Waals surface area contributed by atoms with Crippen LogP contribution < -0.4 is 14.3 Å². The number of hydrogen-bond donors (Lipinski definition) is 2. The summed E-state index contributed by atoms with van der Waals surface area (Å²) < 4.78 is 69.4. The molecule has 3 aromatic carbocycles. The summed E-state index contributed by atoms with van der Waals surface area (Å²) in [5.41, 5.74) is 0.216. The quantitative estimate of drug-likeness (QED) is 0.332. The van der Waals surface area contributed by atoms with Gasteiger partial charge in [0.1, 0.15) is 12.4 Å². The number of carbonyl (C=O) groups excluding carboxylic acids is 1. The van der Waals surface area contributed by atoms with Gasteiger partial charge in [-0.3, -0.25) is 18.8 Å². The van der Waals surface area contributed by atoms with Gasteiger partial charge >= 0.3 is 0 Å². The fraction of sp³-hybridized carbons (Fsp3) is 0.0400. The van der Waals surface area contributed by atoms with Gasteiger partial charge < -0.3 is 5.32 Å². The Morgan fingerprint density at radius 1 is 0.784 bits per heavy atom. The highest BCUT2D eigenvalue weighted by atomic mass is 32.2. The molecule has 1 amide bonds. The summed E-state index contributed by atoms with van der Waals surface area (Å²) in [7, 11) is -8.18. The second-order valence-electron chi connectivity index (χ2n) is 7.70. The minimum Gasteiger partial charge on any atom is -0.325 e. The van der Waals surface area contributed by atoms with Crippen molar-refractivity contribution in [2.24, 2.45) is 0 Å². The van der Waals surface area contributed by atoms with E-state index in [0.29, 0.717) is 4.31 Å². The van der Waals surface area contributed by atoms with Crippen molar-refractivity contribution in [2.75, 3.05) is 20.9 Å². The molecule has 0 spiro atoms. The van der Waals surface area contributed by atoms with Gasteiger partial charge in [0, 0.05) is 11.9 Å². The summed E-state index contributed by atoms with van der Waals surface area (Å²) >= 11 is 0. The van der Waals surface area contributed by atoms with E-state index in [9.17, 15) is 26.0 Å². The summed E-state index contributed by atoms with van der Waals surface area (Å²) in [6.45, 7) is -0.721. The van der Waals surface area contributed by atoms with Crippen LogP contribution in [0.25, 0.3) is 0 Å². The van der Waals surface area contributed by atoms with Gasteiger partial charge in [0.2, 0.25) is 5.91 Å². The number of benzene rings is 3. The van der Waals surface area contributed by atoms with Crippen molar-refractivity contribution in [3.05, 3.63) is 109 Å². The lowest BCUT2D eigenvalue weighted by molar-refractivity contribution is -0.114. The minimum absolute atomic E-state index is 0.0611. The van der Waals surface area contributed by atoms with Crippen LogP contribution in [0.4, 0.5) is 21.5 Å². The first-order chi connectivity index (χ1) is 17.7. The Kier molecular flexibility index (Phi) is 7.50. The van der Waals surface area contributed by atoms with Crippen LogP contribution in [-0.2, 0) is 24.8 Å². The minimum atomic E-state index is -4.28. The molecule has 190 valence electrons. The standard InChI is InChI=1S/C25H21FN4O5S2/c26-23-10-4-5-11-24(23)30(37(34,35)22-8-2-1-3-9-22)18-25(31)28-19-12-14-21(15-13-19)36(32,33)29-20-7-6-16-27-17-20/h1-17,29H,18H2,(H,28,31).